The van der Waals surface area contributed by atoms with Crippen molar-refractivity contribution in [2.45, 2.75) is 59.0 Å². The first-order valence-corrected chi connectivity index (χ1v) is 8.75. The van der Waals surface area contributed by atoms with E-state index in [2.05, 4.69) is 26.1 Å². The monoisotopic (exact) mass is 296 g/mol. The fourth-order valence-corrected chi connectivity index (χ4v) is 3.96. The van der Waals surface area contributed by atoms with Crippen LogP contribution in [0, 0.1) is 5.92 Å². The molecule has 2 rings (SSSR count). The number of ether oxygens (including phenoxy) is 1. The van der Waals surface area contributed by atoms with Crippen LogP contribution in [0.2, 0.25) is 0 Å². The molecule has 0 aromatic carbocycles. The standard InChI is InChI=1S/C16H28N2OS/c1-5-19-12(4)16-18-15-13(10-17-9-11(2)3)7-6-8-14(15)20-16/h11-13,17H,5-10H2,1-4H3. The molecule has 1 aromatic rings. The Balaban J connectivity index is 2.02. The van der Waals surface area contributed by atoms with Gasteiger partial charge in [0.2, 0.25) is 0 Å². The highest BCUT2D eigenvalue weighted by Gasteiger charge is 2.25. The summed E-state index contributed by atoms with van der Waals surface area (Å²) < 4.78 is 5.69. The summed E-state index contributed by atoms with van der Waals surface area (Å²) in [5, 5.41) is 4.75. The van der Waals surface area contributed by atoms with E-state index in [4.69, 9.17) is 9.72 Å². The summed E-state index contributed by atoms with van der Waals surface area (Å²) in [5.41, 5.74) is 1.35. The van der Waals surface area contributed by atoms with Gasteiger partial charge in [-0.05, 0) is 45.6 Å². The Morgan fingerprint density at radius 2 is 2.20 bits per heavy atom. The highest BCUT2D eigenvalue weighted by atomic mass is 32.1. The molecule has 0 amide bonds. The van der Waals surface area contributed by atoms with E-state index in [1.54, 1.807) is 0 Å². The van der Waals surface area contributed by atoms with Crippen molar-refractivity contribution in [3.8, 4) is 0 Å². The molecule has 114 valence electrons. The van der Waals surface area contributed by atoms with Gasteiger partial charge in [0.1, 0.15) is 11.1 Å². The van der Waals surface area contributed by atoms with Crippen LogP contribution in [0.25, 0.3) is 0 Å². The Morgan fingerprint density at radius 1 is 1.40 bits per heavy atom. The minimum absolute atomic E-state index is 0.139. The summed E-state index contributed by atoms with van der Waals surface area (Å²) in [6.45, 7) is 11.6. The van der Waals surface area contributed by atoms with E-state index in [1.165, 1.54) is 29.8 Å². The SMILES string of the molecule is CCOC(C)c1nc2c(s1)CCCC2CNCC(C)C. The number of nitrogens with zero attached hydrogens (tertiary/aromatic N) is 1. The van der Waals surface area contributed by atoms with E-state index in [1.807, 2.05) is 18.3 Å². The van der Waals surface area contributed by atoms with Gasteiger partial charge in [0.25, 0.3) is 0 Å². The van der Waals surface area contributed by atoms with E-state index in [0.29, 0.717) is 11.8 Å². The van der Waals surface area contributed by atoms with Crippen molar-refractivity contribution < 1.29 is 4.74 Å². The van der Waals surface area contributed by atoms with Crippen molar-refractivity contribution in [3.05, 3.63) is 15.6 Å². The molecule has 1 N–H and O–H groups in total. The van der Waals surface area contributed by atoms with E-state index >= 15 is 0 Å². The zero-order valence-corrected chi connectivity index (χ0v) is 14.1. The molecule has 1 aliphatic rings. The van der Waals surface area contributed by atoms with Gasteiger partial charge in [0, 0.05) is 23.9 Å². The Morgan fingerprint density at radius 3 is 2.90 bits per heavy atom. The summed E-state index contributed by atoms with van der Waals surface area (Å²) in [6.07, 6.45) is 3.91. The van der Waals surface area contributed by atoms with Crippen molar-refractivity contribution in [3.63, 3.8) is 0 Å². The third-order valence-corrected chi connectivity index (χ3v) is 5.09. The molecule has 2 unspecified atom stereocenters. The Bertz CT molecular complexity index is 417. The van der Waals surface area contributed by atoms with Crippen molar-refractivity contribution in [2.24, 2.45) is 5.92 Å². The average molecular weight is 296 g/mol. The van der Waals surface area contributed by atoms with Crippen LogP contribution in [-0.4, -0.2) is 24.7 Å². The number of hydrogen-bond acceptors (Lipinski definition) is 4. The van der Waals surface area contributed by atoms with Crippen LogP contribution in [0.1, 0.15) is 68.1 Å². The van der Waals surface area contributed by atoms with Crippen molar-refractivity contribution >= 4 is 11.3 Å². The molecule has 1 aromatic heterocycles. The highest BCUT2D eigenvalue weighted by Crippen LogP contribution is 2.36. The molecular weight excluding hydrogens is 268 g/mol. The summed E-state index contributed by atoms with van der Waals surface area (Å²) in [7, 11) is 0. The molecule has 4 heteroatoms. The highest BCUT2D eigenvalue weighted by molar-refractivity contribution is 7.11. The lowest BCUT2D eigenvalue weighted by atomic mass is 9.91. The second kappa shape index (κ2) is 7.53. The fraction of sp³-hybridized carbons (Fsp3) is 0.812. The molecule has 3 nitrogen and oxygen atoms in total. The summed E-state index contributed by atoms with van der Waals surface area (Å²) >= 11 is 1.86. The third-order valence-electron chi connectivity index (χ3n) is 3.79. The van der Waals surface area contributed by atoms with Crippen LogP contribution in [0.5, 0.6) is 0 Å². The first-order valence-electron chi connectivity index (χ1n) is 7.93. The molecule has 0 saturated carbocycles. The molecule has 0 spiro atoms. The van der Waals surface area contributed by atoms with Crippen molar-refractivity contribution in [1.82, 2.24) is 10.3 Å². The summed E-state index contributed by atoms with van der Waals surface area (Å²) in [5.74, 6) is 1.30. The predicted molar refractivity (Wildman–Crippen MR) is 85.5 cm³/mol. The normalized spacial score (nSPS) is 20.1. The van der Waals surface area contributed by atoms with Gasteiger partial charge in [-0.1, -0.05) is 13.8 Å². The van der Waals surface area contributed by atoms with Gasteiger partial charge in [-0.25, -0.2) is 4.98 Å². The molecule has 0 saturated heterocycles. The van der Waals surface area contributed by atoms with Gasteiger partial charge in [0.05, 0.1) is 5.69 Å². The second-order valence-electron chi connectivity index (χ2n) is 6.10. The molecule has 0 radical (unpaired) electrons. The van der Waals surface area contributed by atoms with Gasteiger partial charge in [-0.2, -0.15) is 0 Å². The second-order valence-corrected chi connectivity index (χ2v) is 7.21. The van der Waals surface area contributed by atoms with Gasteiger partial charge in [0.15, 0.2) is 0 Å². The number of aryl methyl sites for hydroxylation is 1. The van der Waals surface area contributed by atoms with E-state index in [9.17, 15) is 0 Å². The van der Waals surface area contributed by atoms with Crippen LogP contribution in [0.4, 0.5) is 0 Å². The number of hydrogen-bond donors (Lipinski definition) is 1. The molecular formula is C16H28N2OS. The number of thiazole rings is 1. The van der Waals surface area contributed by atoms with Gasteiger partial charge in [-0.15, -0.1) is 11.3 Å². The Labute approximate surface area is 127 Å². The number of nitrogens with one attached hydrogen (secondary N) is 1. The first kappa shape index (κ1) is 15.9. The zero-order valence-electron chi connectivity index (χ0n) is 13.2. The molecule has 1 aliphatic carbocycles. The van der Waals surface area contributed by atoms with Crippen LogP contribution >= 0.6 is 11.3 Å². The third kappa shape index (κ3) is 4.03. The summed E-state index contributed by atoms with van der Waals surface area (Å²) in [4.78, 5) is 6.40. The van der Waals surface area contributed by atoms with Gasteiger partial charge < -0.3 is 10.1 Å². The Hall–Kier alpha value is -0.450. The van der Waals surface area contributed by atoms with Gasteiger partial charge in [-0.3, -0.25) is 0 Å². The molecule has 1 heterocycles. The predicted octanol–water partition coefficient (Wildman–Crippen LogP) is 3.91. The maximum atomic E-state index is 5.69. The lowest BCUT2D eigenvalue weighted by Crippen LogP contribution is -2.27. The van der Waals surface area contributed by atoms with Crippen molar-refractivity contribution in [1.29, 1.82) is 0 Å². The smallest absolute Gasteiger partial charge is 0.122 e. The van der Waals surface area contributed by atoms with Gasteiger partial charge >= 0.3 is 0 Å². The maximum Gasteiger partial charge on any atom is 0.122 e. The van der Waals surface area contributed by atoms with E-state index in [0.717, 1.165) is 24.7 Å². The van der Waals surface area contributed by atoms with Crippen LogP contribution in [-0.2, 0) is 11.2 Å². The molecule has 2 atom stereocenters. The quantitative estimate of drug-likeness (QED) is 0.828. The summed E-state index contributed by atoms with van der Waals surface area (Å²) in [6, 6.07) is 0. The number of rotatable bonds is 7. The average Bonchev–Trinajstić information content (AvgIpc) is 2.83. The van der Waals surface area contributed by atoms with Crippen LogP contribution in [0.3, 0.4) is 0 Å². The van der Waals surface area contributed by atoms with E-state index < -0.39 is 0 Å². The number of fused-ring (bicyclic) bond motifs is 1. The van der Waals surface area contributed by atoms with E-state index in [-0.39, 0.29) is 6.10 Å². The maximum absolute atomic E-state index is 5.69. The zero-order chi connectivity index (χ0) is 14.5. The number of aromatic nitrogens is 1. The molecule has 0 bridgehead atoms. The fourth-order valence-electron chi connectivity index (χ4n) is 2.77. The minimum Gasteiger partial charge on any atom is -0.372 e. The molecule has 20 heavy (non-hydrogen) atoms. The molecule has 0 aliphatic heterocycles. The van der Waals surface area contributed by atoms with Crippen molar-refractivity contribution in [2.75, 3.05) is 19.7 Å². The van der Waals surface area contributed by atoms with Crippen LogP contribution < -0.4 is 5.32 Å². The first-order chi connectivity index (χ1) is 9.61. The lowest BCUT2D eigenvalue weighted by Gasteiger charge is -2.22. The topological polar surface area (TPSA) is 34.1 Å². The van der Waals surface area contributed by atoms with Crippen LogP contribution in [0.15, 0.2) is 0 Å². The Kier molecular flexibility index (Phi) is 6.00. The largest absolute Gasteiger partial charge is 0.372 e. The molecule has 0 fully saturated rings. The lowest BCUT2D eigenvalue weighted by molar-refractivity contribution is 0.0760. The minimum atomic E-state index is 0.139.